The highest BCUT2D eigenvalue weighted by molar-refractivity contribution is 7.92. The number of H-pyrrole nitrogens is 2. The van der Waals surface area contributed by atoms with Crippen molar-refractivity contribution in [3.63, 3.8) is 0 Å². The fraction of sp³-hybridized carbons (Fsp3) is 0.222. The van der Waals surface area contributed by atoms with Crippen molar-refractivity contribution in [2.24, 2.45) is 0 Å². The topological polar surface area (TPSA) is 112 Å². The van der Waals surface area contributed by atoms with Crippen LogP contribution in [0.25, 0.3) is 11.0 Å². The number of imidazole rings is 1. The molecule has 0 bridgehead atoms. The average molecular weight is 373 g/mol. The Labute approximate surface area is 150 Å². The van der Waals surface area contributed by atoms with Crippen molar-refractivity contribution in [1.82, 2.24) is 9.97 Å². The summed E-state index contributed by atoms with van der Waals surface area (Å²) in [6.07, 6.45) is 1.12. The maximum absolute atomic E-state index is 12.1. The number of benzene rings is 2. The molecule has 136 valence electrons. The van der Waals surface area contributed by atoms with Crippen LogP contribution in [0.15, 0.2) is 53.3 Å². The quantitative estimate of drug-likeness (QED) is 0.587. The van der Waals surface area contributed by atoms with Gasteiger partial charge < -0.3 is 15.3 Å². The van der Waals surface area contributed by atoms with Crippen molar-refractivity contribution in [2.45, 2.75) is 12.8 Å². The number of aryl methyl sites for hydroxylation is 1. The first-order valence-corrected chi connectivity index (χ1v) is 10.00. The smallest absolute Gasteiger partial charge is 0.323 e. The van der Waals surface area contributed by atoms with E-state index in [9.17, 15) is 18.0 Å². The van der Waals surface area contributed by atoms with Crippen LogP contribution >= 0.6 is 0 Å². The third kappa shape index (κ3) is 4.82. The Hall–Kier alpha value is -2.87. The lowest BCUT2D eigenvalue weighted by atomic mass is 10.1. The summed E-state index contributed by atoms with van der Waals surface area (Å²) in [7, 11) is -3.49. The molecular weight excluding hydrogens is 354 g/mol. The molecule has 0 atom stereocenters. The van der Waals surface area contributed by atoms with Gasteiger partial charge in [0.15, 0.2) is 9.84 Å². The number of aromatic amines is 2. The van der Waals surface area contributed by atoms with E-state index in [4.69, 9.17) is 0 Å². The largest absolute Gasteiger partial charge is 0.325 e. The van der Waals surface area contributed by atoms with Crippen LogP contribution in [0.3, 0.4) is 0 Å². The summed E-state index contributed by atoms with van der Waals surface area (Å²) >= 11 is 0. The minimum absolute atomic E-state index is 0.0422. The van der Waals surface area contributed by atoms with Gasteiger partial charge in [-0.3, -0.25) is 4.79 Å². The first-order valence-electron chi connectivity index (χ1n) is 8.17. The monoisotopic (exact) mass is 373 g/mol. The molecule has 8 heteroatoms. The van der Waals surface area contributed by atoms with E-state index in [0.29, 0.717) is 29.6 Å². The molecule has 26 heavy (non-hydrogen) atoms. The number of fused-ring (bicyclic) bond motifs is 1. The van der Waals surface area contributed by atoms with Gasteiger partial charge in [0.1, 0.15) is 5.75 Å². The van der Waals surface area contributed by atoms with Crippen molar-refractivity contribution in [3.05, 3.63) is 64.6 Å². The molecule has 1 amide bonds. The molecule has 7 nitrogen and oxygen atoms in total. The number of nitrogens with one attached hydrogen (secondary N) is 3. The summed E-state index contributed by atoms with van der Waals surface area (Å²) in [6.45, 7) is 0. The number of sulfone groups is 1. The number of rotatable bonds is 7. The Bertz CT molecular complexity index is 1070. The van der Waals surface area contributed by atoms with Crippen molar-refractivity contribution in [3.8, 4) is 0 Å². The van der Waals surface area contributed by atoms with E-state index in [1.807, 2.05) is 30.3 Å². The van der Waals surface area contributed by atoms with Crippen LogP contribution < -0.4 is 11.0 Å². The Morgan fingerprint density at radius 2 is 1.73 bits per heavy atom. The highest BCUT2D eigenvalue weighted by atomic mass is 32.2. The third-order valence-corrected chi connectivity index (χ3v) is 5.53. The van der Waals surface area contributed by atoms with E-state index >= 15 is 0 Å². The number of hydrogen-bond donors (Lipinski definition) is 3. The van der Waals surface area contributed by atoms with E-state index in [1.54, 1.807) is 18.2 Å². The summed E-state index contributed by atoms with van der Waals surface area (Å²) in [6, 6.07) is 14.4. The zero-order valence-corrected chi connectivity index (χ0v) is 14.8. The predicted octanol–water partition coefficient (Wildman–Crippen LogP) is 1.84. The molecule has 0 aliphatic heterocycles. The zero-order chi connectivity index (χ0) is 18.6. The Morgan fingerprint density at radius 3 is 2.50 bits per heavy atom. The summed E-state index contributed by atoms with van der Waals surface area (Å²) in [5, 5.41) is 2.55. The number of carbonyl (C=O) groups excluding carboxylic acids is 1. The molecule has 3 N–H and O–H groups in total. The molecule has 2 aromatic carbocycles. The summed E-state index contributed by atoms with van der Waals surface area (Å²) in [5.74, 6) is -1.20. The van der Waals surface area contributed by atoms with Crippen LogP contribution in [0.2, 0.25) is 0 Å². The Kier molecular flexibility index (Phi) is 5.22. The number of carbonyl (C=O) groups is 1. The van der Waals surface area contributed by atoms with Crippen LogP contribution in [0.5, 0.6) is 0 Å². The summed E-state index contributed by atoms with van der Waals surface area (Å²) < 4.78 is 24.2. The third-order valence-electron chi connectivity index (χ3n) is 3.91. The van der Waals surface area contributed by atoms with Gasteiger partial charge >= 0.3 is 5.69 Å². The molecule has 0 saturated heterocycles. The molecular formula is C18H19N3O4S. The first kappa shape index (κ1) is 17.9. The van der Waals surface area contributed by atoms with Crippen molar-refractivity contribution < 1.29 is 13.2 Å². The van der Waals surface area contributed by atoms with Gasteiger partial charge in [-0.1, -0.05) is 30.3 Å². The standard InChI is InChI=1S/C18H19N3O4S/c22-17(19-14-8-9-15-16(11-14)21-18(23)20-15)12-26(24,25)10-4-7-13-5-2-1-3-6-13/h1-3,5-6,8-9,11H,4,7,10,12H2,(H,19,22)(H2,20,21,23). The highest BCUT2D eigenvalue weighted by Crippen LogP contribution is 2.14. The molecule has 0 aliphatic carbocycles. The van der Waals surface area contributed by atoms with E-state index in [1.165, 1.54) is 0 Å². The Balaban J connectivity index is 1.54. The maximum Gasteiger partial charge on any atom is 0.323 e. The predicted molar refractivity (Wildman–Crippen MR) is 101 cm³/mol. The minimum Gasteiger partial charge on any atom is -0.325 e. The van der Waals surface area contributed by atoms with Crippen LogP contribution in [0.1, 0.15) is 12.0 Å². The number of hydrogen-bond acceptors (Lipinski definition) is 4. The summed E-state index contributed by atoms with van der Waals surface area (Å²) in [4.78, 5) is 28.4. The van der Waals surface area contributed by atoms with E-state index < -0.39 is 21.5 Å². The van der Waals surface area contributed by atoms with Crippen LogP contribution in [-0.2, 0) is 21.1 Å². The van der Waals surface area contributed by atoms with Gasteiger partial charge in [0.05, 0.1) is 16.8 Å². The number of aromatic nitrogens is 2. The van der Waals surface area contributed by atoms with Gasteiger partial charge in [-0.2, -0.15) is 0 Å². The molecule has 3 rings (SSSR count). The van der Waals surface area contributed by atoms with Crippen LogP contribution in [0.4, 0.5) is 5.69 Å². The molecule has 1 aromatic heterocycles. The van der Waals surface area contributed by atoms with Crippen molar-refractivity contribution >= 4 is 32.5 Å². The highest BCUT2D eigenvalue weighted by Gasteiger charge is 2.17. The number of amides is 1. The van der Waals surface area contributed by atoms with Gasteiger partial charge in [0.25, 0.3) is 0 Å². The summed E-state index contributed by atoms with van der Waals surface area (Å²) in [5.41, 5.74) is 2.31. The van der Waals surface area contributed by atoms with Crippen LogP contribution in [0, 0.1) is 0 Å². The molecule has 0 saturated carbocycles. The molecule has 1 heterocycles. The lowest BCUT2D eigenvalue weighted by molar-refractivity contribution is -0.113. The molecule has 0 radical (unpaired) electrons. The molecule has 0 fully saturated rings. The first-order chi connectivity index (χ1) is 12.4. The van der Waals surface area contributed by atoms with Gasteiger partial charge in [0, 0.05) is 5.69 Å². The van der Waals surface area contributed by atoms with Gasteiger partial charge in [-0.15, -0.1) is 0 Å². The molecule has 0 unspecified atom stereocenters. The van der Waals surface area contributed by atoms with Gasteiger partial charge in [-0.25, -0.2) is 13.2 Å². The van der Waals surface area contributed by atoms with Gasteiger partial charge in [0.2, 0.25) is 5.91 Å². The van der Waals surface area contributed by atoms with Crippen molar-refractivity contribution in [1.29, 1.82) is 0 Å². The zero-order valence-electron chi connectivity index (χ0n) is 14.0. The molecule has 0 spiro atoms. The second kappa shape index (κ2) is 7.57. The van der Waals surface area contributed by atoms with E-state index in [2.05, 4.69) is 15.3 Å². The van der Waals surface area contributed by atoms with Crippen molar-refractivity contribution in [2.75, 3.05) is 16.8 Å². The second-order valence-electron chi connectivity index (χ2n) is 6.07. The lowest BCUT2D eigenvalue weighted by Gasteiger charge is -2.07. The molecule has 0 aliphatic rings. The van der Waals surface area contributed by atoms with E-state index in [0.717, 1.165) is 5.56 Å². The van der Waals surface area contributed by atoms with E-state index in [-0.39, 0.29) is 11.4 Å². The Morgan fingerprint density at radius 1 is 1.00 bits per heavy atom. The minimum atomic E-state index is -3.49. The average Bonchev–Trinajstić information content (AvgIpc) is 2.94. The normalized spacial score (nSPS) is 11.5. The van der Waals surface area contributed by atoms with Crippen LogP contribution in [-0.4, -0.2) is 35.8 Å². The molecule has 3 aromatic rings. The maximum atomic E-state index is 12.1. The van der Waals surface area contributed by atoms with Gasteiger partial charge in [-0.05, 0) is 36.6 Å². The second-order valence-corrected chi connectivity index (χ2v) is 8.25. The SMILES string of the molecule is O=C(CS(=O)(=O)CCCc1ccccc1)Nc1ccc2[nH]c(=O)[nH]c2c1. The number of anilines is 1. The fourth-order valence-electron chi connectivity index (χ4n) is 2.72. The lowest BCUT2D eigenvalue weighted by Crippen LogP contribution is -2.24. The fourth-order valence-corrected chi connectivity index (χ4v) is 3.92.